The summed E-state index contributed by atoms with van der Waals surface area (Å²) in [4.78, 5) is 11.6. The summed E-state index contributed by atoms with van der Waals surface area (Å²) in [6.45, 7) is 7.49. The van der Waals surface area contributed by atoms with E-state index in [0.29, 0.717) is 13.2 Å². The van der Waals surface area contributed by atoms with E-state index in [1.54, 1.807) is 6.08 Å². The lowest BCUT2D eigenvalue weighted by Gasteiger charge is -2.24. The number of hydrogen-bond donors (Lipinski definition) is 2. The number of amides is 1. The van der Waals surface area contributed by atoms with Crippen molar-refractivity contribution in [3.05, 3.63) is 12.7 Å². The molecule has 0 aromatic rings. The van der Waals surface area contributed by atoms with Crippen molar-refractivity contribution in [2.75, 3.05) is 19.8 Å². The first-order valence-electron chi connectivity index (χ1n) is 4.96. The fourth-order valence-electron chi connectivity index (χ4n) is 1.39. The minimum absolute atomic E-state index is 0.0130. The van der Waals surface area contributed by atoms with Gasteiger partial charge in [0.05, 0.1) is 13.2 Å². The molecule has 2 atom stereocenters. The van der Waals surface area contributed by atoms with E-state index in [0.717, 1.165) is 13.0 Å². The lowest BCUT2D eigenvalue weighted by atomic mass is 10.2. The van der Waals surface area contributed by atoms with Gasteiger partial charge in [0, 0.05) is 12.6 Å². The van der Waals surface area contributed by atoms with Crippen LogP contribution in [-0.4, -0.2) is 37.7 Å². The molecule has 2 N–H and O–H groups in total. The monoisotopic (exact) mass is 198 g/mol. The second-order valence-corrected chi connectivity index (χ2v) is 3.52. The van der Waals surface area contributed by atoms with Crippen molar-refractivity contribution in [3.8, 4) is 0 Å². The van der Waals surface area contributed by atoms with Gasteiger partial charge in [-0.25, -0.2) is 0 Å². The van der Waals surface area contributed by atoms with Crippen LogP contribution in [0.4, 0.5) is 0 Å². The molecular weight excluding hydrogens is 180 g/mol. The third-order valence-electron chi connectivity index (χ3n) is 2.15. The van der Waals surface area contributed by atoms with Crippen molar-refractivity contribution in [1.82, 2.24) is 10.6 Å². The van der Waals surface area contributed by atoms with Gasteiger partial charge in [-0.15, -0.1) is 6.58 Å². The second kappa shape index (κ2) is 5.78. The van der Waals surface area contributed by atoms with Crippen molar-refractivity contribution in [3.63, 3.8) is 0 Å². The van der Waals surface area contributed by atoms with Gasteiger partial charge in [0.15, 0.2) is 0 Å². The zero-order chi connectivity index (χ0) is 10.4. The van der Waals surface area contributed by atoms with E-state index in [-0.39, 0.29) is 18.0 Å². The quantitative estimate of drug-likeness (QED) is 0.628. The molecule has 1 aliphatic rings. The van der Waals surface area contributed by atoms with E-state index in [4.69, 9.17) is 4.74 Å². The summed E-state index contributed by atoms with van der Waals surface area (Å²) < 4.78 is 5.20. The van der Waals surface area contributed by atoms with Gasteiger partial charge in [-0.05, 0) is 13.3 Å². The number of hydrogen-bond acceptors (Lipinski definition) is 3. The highest BCUT2D eigenvalue weighted by Gasteiger charge is 2.21. The first-order valence-corrected chi connectivity index (χ1v) is 4.96. The van der Waals surface area contributed by atoms with Gasteiger partial charge in [0.1, 0.15) is 6.04 Å². The fraction of sp³-hybridized carbons (Fsp3) is 0.700. The summed E-state index contributed by atoms with van der Waals surface area (Å²) in [6, 6.07) is -0.0558. The van der Waals surface area contributed by atoms with Crippen LogP contribution in [0.5, 0.6) is 0 Å². The van der Waals surface area contributed by atoms with E-state index in [1.165, 1.54) is 0 Å². The third-order valence-corrected chi connectivity index (χ3v) is 2.15. The summed E-state index contributed by atoms with van der Waals surface area (Å²) in [5.74, 6) is 0.0130. The molecule has 2 unspecified atom stereocenters. The van der Waals surface area contributed by atoms with Crippen molar-refractivity contribution in [1.29, 1.82) is 0 Å². The minimum Gasteiger partial charge on any atom is -0.378 e. The fourth-order valence-corrected chi connectivity index (χ4v) is 1.39. The number of carbonyl (C=O) groups is 1. The zero-order valence-electron chi connectivity index (χ0n) is 8.58. The summed E-state index contributed by atoms with van der Waals surface area (Å²) >= 11 is 0. The van der Waals surface area contributed by atoms with Gasteiger partial charge in [-0.3, -0.25) is 4.79 Å². The van der Waals surface area contributed by atoms with E-state index in [1.807, 2.05) is 6.92 Å². The molecule has 14 heavy (non-hydrogen) atoms. The normalized spacial score (nSPS) is 23.9. The Kier molecular flexibility index (Phi) is 4.62. The Bertz CT molecular complexity index is 200. The molecule has 0 aromatic heterocycles. The molecule has 1 aliphatic heterocycles. The SMILES string of the molecule is C=CCC(C)NC(=O)C1COCCN1. The minimum atomic E-state index is -0.198. The standard InChI is InChI=1S/C10H18N2O2/c1-3-4-8(2)12-10(13)9-7-14-6-5-11-9/h3,8-9,11H,1,4-7H2,2H3,(H,12,13). The molecule has 4 nitrogen and oxygen atoms in total. The van der Waals surface area contributed by atoms with Gasteiger partial charge in [-0.1, -0.05) is 6.08 Å². The Morgan fingerprint density at radius 1 is 1.86 bits per heavy atom. The highest BCUT2D eigenvalue weighted by molar-refractivity contribution is 5.82. The van der Waals surface area contributed by atoms with Crippen molar-refractivity contribution in [2.24, 2.45) is 0 Å². The molecular formula is C10H18N2O2. The second-order valence-electron chi connectivity index (χ2n) is 3.52. The molecule has 4 heteroatoms. The first-order chi connectivity index (χ1) is 6.74. The van der Waals surface area contributed by atoms with E-state index < -0.39 is 0 Å². The molecule has 0 radical (unpaired) electrons. The molecule has 0 saturated carbocycles. The Morgan fingerprint density at radius 3 is 3.21 bits per heavy atom. The van der Waals surface area contributed by atoms with Crippen LogP contribution in [0.1, 0.15) is 13.3 Å². The number of carbonyl (C=O) groups excluding carboxylic acids is 1. The Hall–Kier alpha value is -0.870. The predicted molar refractivity (Wildman–Crippen MR) is 55.0 cm³/mol. The number of ether oxygens (including phenoxy) is 1. The molecule has 1 amide bonds. The van der Waals surface area contributed by atoms with Gasteiger partial charge in [0.2, 0.25) is 5.91 Å². The third kappa shape index (κ3) is 3.47. The Labute approximate surface area is 84.7 Å². The molecule has 0 aliphatic carbocycles. The van der Waals surface area contributed by atoms with Crippen molar-refractivity contribution >= 4 is 5.91 Å². The molecule has 1 fully saturated rings. The summed E-state index contributed by atoms with van der Waals surface area (Å²) in [5, 5.41) is 6.00. The van der Waals surface area contributed by atoms with Crippen molar-refractivity contribution in [2.45, 2.75) is 25.4 Å². The van der Waals surface area contributed by atoms with E-state index in [9.17, 15) is 4.79 Å². The number of rotatable bonds is 4. The average molecular weight is 198 g/mol. The predicted octanol–water partition coefficient (Wildman–Crippen LogP) is 0.0556. The largest absolute Gasteiger partial charge is 0.378 e. The summed E-state index contributed by atoms with van der Waals surface area (Å²) in [5.41, 5.74) is 0. The van der Waals surface area contributed by atoms with Crippen LogP contribution in [0, 0.1) is 0 Å². The molecule has 80 valence electrons. The topological polar surface area (TPSA) is 50.4 Å². The maximum Gasteiger partial charge on any atom is 0.239 e. The van der Waals surface area contributed by atoms with Gasteiger partial charge >= 0.3 is 0 Å². The molecule has 0 aromatic carbocycles. The highest BCUT2D eigenvalue weighted by atomic mass is 16.5. The van der Waals surface area contributed by atoms with Gasteiger partial charge < -0.3 is 15.4 Å². The molecule has 0 spiro atoms. The highest BCUT2D eigenvalue weighted by Crippen LogP contribution is 1.96. The zero-order valence-corrected chi connectivity index (χ0v) is 8.58. The number of nitrogens with one attached hydrogen (secondary N) is 2. The van der Waals surface area contributed by atoms with Crippen LogP contribution in [0.15, 0.2) is 12.7 Å². The Morgan fingerprint density at radius 2 is 2.64 bits per heavy atom. The molecule has 1 heterocycles. The van der Waals surface area contributed by atoms with Crippen LogP contribution >= 0.6 is 0 Å². The molecule has 0 bridgehead atoms. The van der Waals surface area contributed by atoms with Gasteiger partial charge in [-0.2, -0.15) is 0 Å². The van der Waals surface area contributed by atoms with Crippen LogP contribution in [-0.2, 0) is 9.53 Å². The number of morpholine rings is 1. The van der Waals surface area contributed by atoms with Crippen LogP contribution in [0.25, 0.3) is 0 Å². The lowest BCUT2D eigenvalue weighted by molar-refractivity contribution is -0.126. The smallest absolute Gasteiger partial charge is 0.239 e. The maximum atomic E-state index is 11.6. The van der Waals surface area contributed by atoms with E-state index >= 15 is 0 Å². The van der Waals surface area contributed by atoms with E-state index in [2.05, 4.69) is 17.2 Å². The van der Waals surface area contributed by atoms with Crippen molar-refractivity contribution < 1.29 is 9.53 Å². The summed E-state index contributed by atoms with van der Waals surface area (Å²) in [6.07, 6.45) is 2.59. The average Bonchev–Trinajstić information content (AvgIpc) is 2.19. The molecule has 1 rings (SSSR count). The van der Waals surface area contributed by atoms with Crippen LogP contribution < -0.4 is 10.6 Å². The molecule has 1 saturated heterocycles. The maximum absolute atomic E-state index is 11.6. The Balaban J connectivity index is 2.28. The van der Waals surface area contributed by atoms with Crippen LogP contribution in [0.2, 0.25) is 0 Å². The summed E-state index contributed by atoms with van der Waals surface area (Å²) in [7, 11) is 0. The van der Waals surface area contributed by atoms with Gasteiger partial charge in [0.25, 0.3) is 0 Å². The van der Waals surface area contributed by atoms with Crippen LogP contribution in [0.3, 0.4) is 0 Å². The first kappa shape index (κ1) is 11.2. The lowest BCUT2D eigenvalue weighted by Crippen LogP contribution is -2.52.